The summed E-state index contributed by atoms with van der Waals surface area (Å²) in [5.74, 6) is -1.56. The fourth-order valence-electron chi connectivity index (χ4n) is 1.68. The zero-order chi connectivity index (χ0) is 13.3. The van der Waals surface area contributed by atoms with Crippen molar-refractivity contribution in [2.24, 2.45) is 0 Å². The lowest BCUT2D eigenvalue weighted by Gasteiger charge is -2.08. The summed E-state index contributed by atoms with van der Waals surface area (Å²) < 4.78 is 0. The number of rotatable bonds is 2. The molecule has 0 heterocycles. The second-order valence-electron chi connectivity index (χ2n) is 3.97. The maximum atomic E-state index is 9.61. The standard InChI is InChI=1S/C13H12O5/c14-9-2-1-8(10(15)6-9)3-7-4-11(16)13(18)12(17)5-7/h1-2,4-6,14-18H,3H2. The molecule has 0 radical (unpaired) electrons. The lowest BCUT2D eigenvalue weighted by atomic mass is 10.0. The van der Waals surface area contributed by atoms with Crippen molar-refractivity contribution >= 4 is 0 Å². The van der Waals surface area contributed by atoms with Crippen LogP contribution in [0.4, 0.5) is 0 Å². The van der Waals surface area contributed by atoms with Gasteiger partial charge in [0.25, 0.3) is 0 Å². The van der Waals surface area contributed by atoms with Crippen LogP contribution < -0.4 is 0 Å². The first kappa shape index (κ1) is 11.9. The van der Waals surface area contributed by atoms with E-state index in [4.69, 9.17) is 5.11 Å². The Labute approximate surface area is 103 Å². The molecule has 0 fully saturated rings. The highest BCUT2D eigenvalue weighted by molar-refractivity contribution is 5.52. The van der Waals surface area contributed by atoms with E-state index < -0.39 is 17.2 Å². The largest absolute Gasteiger partial charge is 0.508 e. The van der Waals surface area contributed by atoms with Gasteiger partial charge in [-0.3, -0.25) is 0 Å². The summed E-state index contributed by atoms with van der Waals surface area (Å²) in [6, 6.07) is 6.75. The van der Waals surface area contributed by atoms with Gasteiger partial charge >= 0.3 is 0 Å². The molecule has 0 aliphatic heterocycles. The second-order valence-corrected chi connectivity index (χ2v) is 3.97. The van der Waals surface area contributed by atoms with Crippen molar-refractivity contribution in [1.29, 1.82) is 0 Å². The van der Waals surface area contributed by atoms with Crippen LogP contribution in [0.25, 0.3) is 0 Å². The number of phenolic OH excluding ortho intramolecular Hbond substituents is 5. The maximum Gasteiger partial charge on any atom is 0.200 e. The molecule has 0 aromatic heterocycles. The number of hydrogen-bond acceptors (Lipinski definition) is 5. The molecule has 5 N–H and O–H groups in total. The van der Waals surface area contributed by atoms with Crippen molar-refractivity contribution in [2.45, 2.75) is 6.42 Å². The molecule has 0 saturated carbocycles. The van der Waals surface area contributed by atoms with Crippen LogP contribution in [0.15, 0.2) is 30.3 Å². The van der Waals surface area contributed by atoms with Gasteiger partial charge in [-0.15, -0.1) is 0 Å². The zero-order valence-electron chi connectivity index (χ0n) is 9.33. The van der Waals surface area contributed by atoms with E-state index in [0.29, 0.717) is 11.1 Å². The third kappa shape index (κ3) is 2.24. The Morgan fingerprint density at radius 2 is 1.33 bits per heavy atom. The first-order chi connectivity index (χ1) is 8.47. The fraction of sp³-hybridized carbons (Fsp3) is 0.0769. The molecule has 0 atom stereocenters. The van der Waals surface area contributed by atoms with Crippen LogP contribution in [0.3, 0.4) is 0 Å². The molecule has 0 saturated heterocycles. The molecule has 94 valence electrons. The van der Waals surface area contributed by atoms with Gasteiger partial charge in [-0.25, -0.2) is 0 Å². The van der Waals surface area contributed by atoms with Crippen LogP contribution >= 0.6 is 0 Å². The lowest BCUT2D eigenvalue weighted by molar-refractivity contribution is 0.367. The molecule has 0 bridgehead atoms. The van der Waals surface area contributed by atoms with E-state index in [9.17, 15) is 20.4 Å². The Hall–Kier alpha value is -2.56. The highest BCUT2D eigenvalue weighted by Crippen LogP contribution is 2.36. The number of aromatic hydroxyl groups is 5. The normalized spacial score (nSPS) is 10.4. The average molecular weight is 248 g/mol. The molecule has 5 nitrogen and oxygen atoms in total. The van der Waals surface area contributed by atoms with E-state index in [1.54, 1.807) is 0 Å². The number of phenols is 5. The van der Waals surface area contributed by atoms with Crippen LogP contribution in [0.5, 0.6) is 28.7 Å². The van der Waals surface area contributed by atoms with Crippen molar-refractivity contribution in [3.63, 3.8) is 0 Å². The van der Waals surface area contributed by atoms with Crippen LogP contribution in [0, 0.1) is 0 Å². The van der Waals surface area contributed by atoms with Crippen molar-refractivity contribution < 1.29 is 25.5 Å². The van der Waals surface area contributed by atoms with E-state index in [1.165, 1.54) is 30.3 Å². The quantitative estimate of drug-likeness (QED) is 0.522. The highest BCUT2D eigenvalue weighted by atomic mass is 16.3. The average Bonchev–Trinajstić information content (AvgIpc) is 2.29. The van der Waals surface area contributed by atoms with Gasteiger partial charge in [-0.1, -0.05) is 6.07 Å². The second kappa shape index (κ2) is 4.37. The van der Waals surface area contributed by atoms with Crippen molar-refractivity contribution in [3.05, 3.63) is 41.5 Å². The molecule has 5 heteroatoms. The van der Waals surface area contributed by atoms with Crippen molar-refractivity contribution in [3.8, 4) is 28.7 Å². The molecule has 0 aliphatic rings. The van der Waals surface area contributed by atoms with Crippen LogP contribution in [0.2, 0.25) is 0 Å². The molecule has 2 aromatic carbocycles. The Kier molecular flexibility index (Phi) is 2.89. The van der Waals surface area contributed by atoms with Gasteiger partial charge in [-0.05, 0) is 29.3 Å². The fourth-order valence-corrected chi connectivity index (χ4v) is 1.68. The van der Waals surface area contributed by atoms with Gasteiger partial charge in [0.1, 0.15) is 11.5 Å². The monoisotopic (exact) mass is 248 g/mol. The van der Waals surface area contributed by atoms with Crippen LogP contribution in [-0.2, 0) is 6.42 Å². The van der Waals surface area contributed by atoms with Gasteiger partial charge in [-0.2, -0.15) is 0 Å². The summed E-state index contributed by atoms with van der Waals surface area (Å²) in [6.45, 7) is 0. The minimum Gasteiger partial charge on any atom is -0.508 e. The van der Waals surface area contributed by atoms with Crippen LogP contribution in [0.1, 0.15) is 11.1 Å². The minimum atomic E-state index is -0.575. The van der Waals surface area contributed by atoms with E-state index in [0.717, 1.165) is 0 Å². The molecule has 2 aromatic rings. The summed E-state index contributed by atoms with van der Waals surface area (Å²) >= 11 is 0. The summed E-state index contributed by atoms with van der Waals surface area (Å²) in [4.78, 5) is 0. The van der Waals surface area contributed by atoms with E-state index in [-0.39, 0.29) is 17.9 Å². The Balaban J connectivity index is 2.34. The predicted molar refractivity (Wildman–Crippen MR) is 64.0 cm³/mol. The molecule has 0 aliphatic carbocycles. The van der Waals surface area contributed by atoms with Gasteiger partial charge in [0.15, 0.2) is 17.2 Å². The minimum absolute atomic E-state index is 0.0485. The highest BCUT2D eigenvalue weighted by Gasteiger charge is 2.10. The topological polar surface area (TPSA) is 101 Å². The zero-order valence-corrected chi connectivity index (χ0v) is 9.33. The van der Waals surface area contributed by atoms with E-state index in [2.05, 4.69) is 0 Å². The Morgan fingerprint density at radius 1 is 0.722 bits per heavy atom. The molecule has 0 amide bonds. The molecule has 18 heavy (non-hydrogen) atoms. The third-order valence-electron chi connectivity index (χ3n) is 2.59. The maximum absolute atomic E-state index is 9.61. The van der Waals surface area contributed by atoms with Gasteiger partial charge < -0.3 is 25.5 Å². The SMILES string of the molecule is Oc1ccc(Cc2cc(O)c(O)c(O)c2)c(O)c1. The first-order valence-electron chi connectivity index (χ1n) is 5.22. The first-order valence-corrected chi connectivity index (χ1v) is 5.22. The van der Waals surface area contributed by atoms with Gasteiger partial charge in [0.05, 0.1) is 0 Å². The van der Waals surface area contributed by atoms with Crippen molar-refractivity contribution in [2.75, 3.05) is 0 Å². The van der Waals surface area contributed by atoms with Gasteiger partial charge in [0, 0.05) is 12.5 Å². The molecular weight excluding hydrogens is 236 g/mol. The molecule has 0 spiro atoms. The smallest absolute Gasteiger partial charge is 0.200 e. The Morgan fingerprint density at radius 3 is 1.89 bits per heavy atom. The molecular formula is C13H12O5. The summed E-state index contributed by atoms with van der Waals surface area (Å²) in [6.07, 6.45) is 0.244. The van der Waals surface area contributed by atoms with Crippen LogP contribution in [-0.4, -0.2) is 25.5 Å². The predicted octanol–water partition coefficient (Wildman–Crippen LogP) is 1.81. The number of hydrogen-bond donors (Lipinski definition) is 5. The summed E-state index contributed by atoms with van der Waals surface area (Å²) in [5.41, 5.74) is 1.04. The van der Waals surface area contributed by atoms with E-state index in [1.807, 2.05) is 0 Å². The van der Waals surface area contributed by atoms with Gasteiger partial charge in [0.2, 0.25) is 0 Å². The molecule has 2 rings (SSSR count). The molecule has 0 unspecified atom stereocenters. The summed E-state index contributed by atoms with van der Waals surface area (Å²) in [7, 11) is 0. The lowest BCUT2D eigenvalue weighted by Crippen LogP contribution is -1.89. The summed E-state index contributed by atoms with van der Waals surface area (Å²) in [5, 5.41) is 46.7. The number of benzene rings is 2. The third-order valence-corrected chi connectivity index (χ3v) is 2.59. The Bertz CT molecular complexity index is 569. The van der Waals surface area contributed by atoms with E-state index >= 15 is 0 Å². The van der Waals surface area contributed by atoms with Crippen molar-refractivity contribution in [1.82, 2.24) is 0 Å².